The van der Waals surface area contributed by atoms with Gasteiger partial charge in [0.1, 0.15) is 6.04 Å². The molecule has 0 fully saturated rings. The quantitative estimate of drug-likeness (QED) is 0.798. The zero-order chi connectivity index (χ0) is 14.3. The molecule has 4 heteroatoms. The second kappa shape index (κ2) is 7.56. The lowest BCUT2D eigenvalue weighted by atomic mass is 10.0. The average molecular weight is 263 g/mol. The van der Waals surface area contributed by atoms with Crippen LogP contribution in [0.3, 0.4) is 0 Å². The van der Waals surface area contributed by atoms with E-state index in [9.17, 15) is 9.59 Å². The molecule has 1 aromatic carbocycles. The van der Waals surface area contributed by atoms with Gasteiger partial charge >= 0.3 is 5.97 Å². The lowest BCUT2D eigenvalue weighted by molar-refractivity contribution is -0.146. The van der Waals surface area contributed by atoms with E-state index in [1.165, 1.54) is 7.11 Å². The highest BCUT2D eigenvalue weighted by Crippen LogP contribution is 2.06. The van der Waals surface area contributed by atoms with Crippen LogP contribution < -0.4 is 5.32 Å². The normalized spacial score (nSPS) is 12.0. The smallest absolute Gasteiger partial charge is 0.328 e. The summed E-state index contributed by atoms with van der Waals surface area (Å²) in [7, 11) is 1.33. The molecule has 1 atom stereocenters. The Bertz CT molecular complexity index is 415. The summed E-state index contributed by atoms with van der Waals surface area (Å²) in [4.78, 5) is 23.4. The molecule has 0 saturated carbocycles. The van der Waals surface area contributed by atoms with Gasteiger partial charge < -0.3 is 10.1 Å². The number of aryl methyl sites for hydroxylation is 1. The number of hydrogen-bond donors (Lipinski definition) is 1. The molecule has 0 aromatic heterocycles. The maximum absolute atomic E-state index is 11.8. The Morgan fingerprint density at radius 2 is 1.84 bits per heavy atom. The predicted octanol–water partition coefficient (Wildman–Crippen LogP) is 1.93. The number of rotatable bonds is 6. The summed E-state index contributed by atoms with van der Waals surface area (Å²) in [5, 5.41) is 2.72. The van der Waals surface area contributed by atoms with Gasteiger partial charge in [0.05, 0.1) is 7.11 Å². The number of nitrogens with one attached hydrogen (secondary N) is 1. The number of carbonyl (C=O) groups excluding carboxylic acids is 2. The first-order chi connectivity index (χ1) is 9.04. The number of carbonyl (C=O) groups is 2. The first kappa shape index (κ1) is 15.2. The summed E-state index contributed by atoms with van der Waals surface area (Å²) in [5.41, 5.74) is 1.11. The fraction of sp³-hybridized carbons (Fsp3) is 0.467. The summed E-state index contributed by atoms with van der Waals surface area (Å²) in [6.45, 7) is 3.75. The van der Waals surface area contributed by atoms with Crippen molar-refractivity contribution >= 4 is 11.9 Å². The summed E-state index contributed by atoms with van der Waals surface area (Å²) in [6.07, 6.45) is 1.03. The van der Waals surface area contributed by atoms with Gasteiger partial charge in [-0.3, -0.25) is 4.79 Å². The molecule has 0 aliphatic rings. The molecular weight excluding hydrogens is 242 g/mol. The number of ether oxygens (including phenoxy) is 1. The molecule has 0 unspecified atom stereocenters. The molecular formula is C15H21NO3. The van der Waals surface area contributed by atoms with Gasteiger partial charge in [-0.2, -0.15) is 0 Å². The molecule has 0 saturated heterocycles. The van der Waals surface area contributed by atoms with Gasteiger partial charge in [-0.15, -0.1) is 0 Å². The van der Waals surface area contributed by atoms with Gasteiger partial charge in [0.15, 0.2) is 0 Å². The van der Waals surface area contributed by atoms with Gasteiger partial charge in [-0.1, -0.05) is 44.2 Å². The summed E-state index contributed by atoms with van der Waals surface area (Å²) in [6, 6.07) is 9.21. The Morgan fingerprint density at radius 3 is 2.37 bits per heavy atom. The van der Waals surface area contributed by atoms with E-state index in [2.05, 4.69) is 10.1 Å². The zero-order valence-corrected chi connectivity index (χ0v) is 11.7. The van der Waals surface area contributed by atoms with E-state index in [0.29, 0.717) is 12.8 Å². The fourth-order valence-corrected chi connectivity index (χ4v) is 1.77. The SMILES string of the molecule is COC(=O)[C@H](NC(=O)CCc1ccccc1)C(C)C. The maximum Gasteiger partial charge on any atom is 0.328 e. The van der Waals surface area contributed by atoms with Crippen LogP contribution >= 0.6 is 0 Å². The Labute approximate surface area is 114 Å². The topological polar surface area (TPSA) is 55.4 Å². The highest BCUT2D eigenvalue weighted by Gasteiger charge is 2.24. The van der Waals surface area contributed by atoms with E-state index in [1.807, 2.05) is 44.2 Å². The summed E-state index contributed by atoms with van der Waals surface area (Å²) < 4.78 is 4.68. The molecule has 0 heterocycles. The number of methoxy groups -OCH3 is 1. The molecule has 1 rings (SSSR count). The lowest BCUT2D eigenvalue weighted by Crippen LogP contribution is -2.45. The van der Waals surface area contributed by atoms with Crippen LogP contribution in [0.4, 0.5) is 0 Å². The van der Waals surface area contributed by atoms with Gasteiger partial charge in [-0.25, -0.2) is 4.79 Å². The third-order valence-electron chi connectivity index (χ3n) is 2.92. The van der Waals surface area contributed by atoms with Crippen molar-refractivity contribution in [1.29, 1.82) is 0 Å². The van der Waals surface area contributed by atoms with Crippen LogP contribution in [0, 0.1) is 5.92 Å². The predicted molar refractivity (Wildman–Crippen MR) is 73.5 cm³/mol. The zero-order valence-electron chi connectivity index (χ0n) is 11.7. The van der Waals surface area contributed by atoms with E-state index in [1.54, 1.807) is 0 Å². The largest absolute Gasteiger partial charge is 0.467 e. The molecule has 104 valence electrons. The van der Waals surface area contributed by atoms with Crippen molar-refractivity contribution in [3.8, 4) is 0 Å². The van der Waals surface area contributed by atoms with Crippen molar-refractivity contribution in [3.63, 3.8) is 0 Å². The third-order valence-corrected chi connectivity index (χ3v) is 2.92. The minimum atomic E-state index is -0.576. The lowest BCUT2D eigenvalue weighted by Gasteiger charge is -2.19. The van der Waals surface area contributed by atoms with Gasteiger partial charge in [0, 0.05) is 6.42 Å². The second-order valence-corrected chi connectivity index (χ2v) is 4.80. The molecule has 0 aliphatic heterocycles. The first-order valence-corrected chi connectivity index (χ1v) is 6.45. The average Bonchev–Trinajstić information content (AvgIpc) is 2.42. The van der Waals surface area contributed by atoms with Gasteiger partial charge in [0.2, 0.25) is 5.91 Å². The number of esters is 1. The van der Waals surface area contributed by atoms with E-state index >= 15 is 0 Å². The van der Waals surface area contributed by atoms with Crippen LogP contribution in [0.15, 0.2) is 30.3 Å². The van der Waals surface area contributed by atoms with Crippen molar-refractivity contribution in [3.05, 3.63) is 35.9 Å². The molecule has 1 amide bonds. The van der Waals surface area contributed by atoms with E-state index in [0.717, 1.165) is 5.56 Å². The maximum atomic E-state index is 11.8. The Balaban J connectivity index is 2.47. The highest BCUT2D eigenvalue weighted by molar-refractivity contribution is 5.84. The molecule has 0 aliphatic carbocycles. The molecule has 0 radical (unpaired) electrons. The molecule has 4 nitrogen and oxygen atoms in total. The minimum Gasteiger partial charge on any atom is -0.467 e. The Hall–Kier alpha value is -1.84. The highest BCUT2D eigenvalue weighted by atomic mass is 16.5. The number of amides is 1. The third kappa shape index (κ3) is 5.12. The van der Waals surface area contributed by atoms with Gasteiger partial charge in [-0.05, 0) is 17.9 Å². The van der Waals surface area contributed by atoms with Gasteiger partial charge in [0.25, 0.3) is 0 Å². The van der Waals surface area contributed by atoms with E-state index < -0.39 is 12.0 Å². The Kier molecular flexibility index (Phi) is 6.06. The van der Waals surface area contributed by atoms with E-state index in [4.69, 9.17) is 0 Å². The fourth-order valence-electron chi connectivity index (χ4n) is 1.77. The van der Waals surface area contributed by atoms with Crippen molar-refractivity contribution < 1.29 is 14.3 Å². The molecule has 1 aromatic rings. The van der Waals surface area contributed by atoms with Crippen LogP contribution in [0.1, 0.15) is 25.8 Å². The van der Waals surface area contributed by atoms with Crippen LogP contribution in [0.5, 0.6) is 0 Å². The van der Waals surface area contributed by atoms with Crippen molar-refractivity contribution in [2.45, 2.75) is 32.7 Å². The number of benzene rings is 1. The first-order valence-electron chi connectivity index (χ1n) is 6.45. The summed E-state index contributed by atoms with van der Waals surface area (Å²) in [5.74, 6) is -0.524. The van der Waals surface area contributed by atoms with Crippen LogP contribution in [0.25, 0.3) is 0 Å². The van der Waals surface area contributed by atoms with E-state index in [-0.39, 0.29) is 11.8 Å². The van der Waals surface area contributed by atoms with Crippen LogP contribution in [0.2, 0.25) is 0 Å². The number of hydrogen-bond acceptors (Lipinski definition) is 3. The van der Waals surface area contributed by atoms with Crippen molar-refractivity contribution in [2.75, 3.05) is 7.11 Å². The van der Waals surface area contributed by atoms with Crippen LogP contribution in [-0.2, 0) is 20.7 Å². The van der Waals surface area contributed by atoms with Crippen molar-refractivity contribution in [2.24, 2.45) is 5.92 Å². The standard InChI is InChI=1S/C15H21NO3/c1-11(2)14(15(18)19-3)16-13(17)10-9-12-7-5-4-6-8-12/h4-8,11,14H,9-10H2,1-3H3,(H,16,17)/t14-/m1/s1. The molecule has 19 heavy (non-hydrogen) atoms. The monoisotopic (exact) mass is 263 g/mol. The van der Waals surface area contributed by atoms with Crippen molar-refractivity contribution in [1.82, 2.24) is 5.32 Å². The minimum absolute atomic E-state index is 0.00752. The second-order valence-electron chi connectivity index (χ2n) is 4.80. The summed E-state index contributed by atoms with van der Waals surface area (Å²) >= 11 is 0. The molecule has 1 N–H and O–H groups in total. The molecule has 0 spiro atoms. The molecule has 0 bridgehead atoms. The van der Waals surface area contributed by atoms with Crippen LogP contribution in [-0.4, -0.2) is 25.0 Å². The Morgan fingerprint density at radius 1 is 1.21 bits per heavy atom.